The zero-order valence-electron chi connectivity index (χ0n) is 11.4. The average molecular weight is 326 g/mol. The second kappa shape index (κ2) is 5.82. The number of hydrogen-bond acceptors (Lipinski definition) is 8. The van der Waals surface area contributed by atoms with Gasteiger partial charge in [0.05, 0.1) is 26.9 Å². The standard InChI is InChI=1S/C11H10N4O8/c16-11(17)7-2-1-3-12(7)10-8(14(20)21)4-6(13(18)19)5-9(10)15(22)23/h4-5,7H,1-3H2,(H,16,17)/t7-/m0/s1. The van der Waals surface area contributed by atoms with Crippen LogP contribution in [0.15, 0.2) is 12.1 Å². The van der Waals surface area contributed by atoms with E-state index in [1.165, 1.54) is 0 Å². The number of carboxylic acids is 1. The van der Waals surface area contributed by atoms with E-state index in [0.717, 1.165) is 4.90 Å². The van der Waals surface area contributed by atoms with Gasteiger partial charge in [-0.25, -0.2) is 4.79 Å². The highest BCUT2D eigenvalue weighted by Gasteiger charge is 2.41. The van der Waals surface area contributed by atoms with Crippen LogP contribution in [0.2, 0.25) is 0 Å². The molecular formula is C11H10N4O8. The lowest BCUT2D eigenvalue weighted by Crippen LogP contribution is -2.36. The van der Waals surface area contributed by atoms with Crippen LogP contribution in [-0.4, -0.2) is 38.4 Å². The predicted octanol–water partition coefficient (Wildman–Crippen LogP) is 1.46. The zero-order valence-corrected chi connectivity index (χ0v) is 11.4. The molecule has 1 aromatic carbocycles. The van der Waals surface area contributed by atoms with Crippen LogP contribution in [0.1, 0.15) is 12.8 Å². The van der Waals surface area contributed by atoms with Gasteiger partial charge in [-0.3, -0.25) is 30.3 Å². The summed E-state index contributed by atoms with van der Waals surface area (Å²) in [5.41, 5.74) is -3.05. The average Bonchev–Trinajstić information content (AvgIpc) is 2.94. The van der Waals surface area contributed by atoms with E-state index in [2.05, 4.69) is 0 Å². The van der Waals surface area contributed by atoms with Crippen molar-refractivity contribution >= 4 is 28.7 Å². The molecule has 1 heterocycles. The van der Waals surface area contributed by atoms with Crippen LogP contribution < -0.4 is 4.90 Å². The van der Waals surface area contributed by atoms with Crippen molar-refractivity contribution in [3.8, 4) is 0 Å². The van der Waals surface area contributed by atoms with E-state index in [-0.39, 0.29) is 13.0 Å². The van der Waals surface area contributed by atoms with Gasteiger partial charge < -0.3 is 10.0 Å². The first kappa shape index (κ1) is 16.1. The lowest BCUT2D eigenvalue weighted by Gasteiger charge is -2.22. The van der Waals surface area contributed by atoms with Gasteiger partial charge in [0.25, 0.3) is 5.69 Å². The minimum absolute atomic E-state index is 0.0659. The van der Waals surface area contributed by atoms with Gasteiger partial charge in [-0.2, -0.15) is 0 Å². The van der Waals surface area contributed by atoms with Crippen molar-refractivity contribution in [3.63, 3.8) is 0 Å². The molecule has 1 aromatic rings. The number of hydrogen-bond donors (Lipinski definition) is 1. The Morgan fingerprint density at radius 3 is 2.00 bits per heavy atom. The van der Waals surface area contributed by atoms with Crippen molar-refractivity contribution in [2.45, 2.75) is 18.9 Å². The van der Waals surface area contributed by atoms with Crippen LogP contribution in [0.4, 0.5) is 22.7 Å². The molecule has 1 fully saturated rings. The molecule has 2 rings (SSSR count). The molecule has 0 radical (unpaired) electrons. The van der Waals surface area contributed by atoms with Crippen molar-refractivity contribution in [3.05, 3.63) is 42.5 Å². The number of rotatable bonds is 5. The lowest BCUT2D eigenvalue weighted by molar-refractivity contribution is -0.402. The predicted molar refractivity (Wildman–Crippen MR) is 74.4 cm³/mol. The molecule has 0 bridgehead atoms. The van der Waals surface area contributed by atoms with Gasteiger partial charge in [0, 0.05) is 6.54 Å². The molecule has 12 nitrogen and oxygen atoms in total. The maximum atomic E-state index is 11.2. The summed E-state index contributed by atoms with van der Waals surface area (Å²) in [6.45, 7) is 0.0659. The van der Waals surface area contributed by atoms with E-state index in [4.69, 9.17) is 5.11 Å². The smallest absolute Gasteiger partial charge is 0.326 e. The maximum Gasteiger partial charge on any atom is 0.326 e. The van der Waals surface area contributed by atoms with Crippen molar-refractivity contribution in [2.75, 3.05) is 11.4 Å². The summed E-state index contributed by atoms with van der Waals surface area (Å²) in [4.78, 5) is 42.5. The lowest BCUT2D eigenvalue weighted by atomic mass is 10.1. The highest BCUT2D eigenvalue weighted by molar-refractivity contribution is 5.85. The molecule has 23 heavy (non-hydrogen) atoms. The molecule has 1 atom stereocenters. The van der Waals surface area contributed by atoms with E-state index < -0.39 is 49.5 Å². The third kappa shape index (κ3) is 2.86. The summed E-state index contributed by atoms with van der Waals surface area (Å²) in [5.74, 6) is -1.27. The molecule has 122 valence electrons. The SMILES string of the molecule is O=C(O)[C@@H]1CCCN1c1c([N+](=O)[O-])cc([N+](=O)[O-])cc1[N+](=O)[O-]. The number of nitrogens with zero attached hydrogens (tertiary/aromatic N) is 4. The van der Waals surface area contributed by atoms with E-state index in [1.807, 2.05) is 0 Å². The number of non-ortho nitro benzene ring substituents is 1. The van der Waals surface area contributed by atoms with Gasteiger partial charge in [-0.05, 0) is 12.8 Å². The van der Waals surface area contributed by atoms with Crippen LogP contribution >= 0.6 is 0 Å². The molecule has 12 heteroatoms. The summed E-state index contributed by atoms with van der Waals surface area (Å²) in [5, 5.41) is 42.3. The number of anilines is 1. The summed E-state index contributed by atoms with van der Waals surface area (Å²) in [6, 6.07) is 0.0351. The van der Waals surface area contributed by atoms with Crippen LogP contribution in [0.25, 0.3) is 0 Å². The summed E-state index contributed by atoms with van der Waals surface area (Å²) < 4.78 is 0. The van der Waals surface area contributed by atoms with E-state index >= 15 is 0 Å². The molecule has 1 aliphatic rings. The first-order valence-electron chi connectivity index (χ1n) is 6.34. The Bertz CT molecular complexity index is 683. The minimum Gasteiger partial charge on any atom is -0.480 e. The number of nitro benzene ring substituents is 3. The number of carbonyl (C=O) groups is 1. The number of carboxylic acid groups (broad SMARTS) is 1. The fraction of sp³-hybridized carbons (Fsp3) is 0.364. The second-order valence-corrected chi connectivity index (χ2v) is 4.79. The van der Waals surface area contributed by atoms with Crippen molar-refractivity contribution in [1.29, 1.82) is 0 Å². The molecule has 0 saturated carbocycles. The molecule has 0 aromatic heterocycles. The van der Waals surface area contributed by atoms with Crippen LogP contribution in [-0.2, 0) is 4.79 Å². The van der Waals surface area contributed by atoms with Gasteiger partial charge in [-0.15, -0.1) is 0 Å². The topological polar surface area (TPSA) is 170 Å². The summed E-state index contributed by atoms with van der Waals surface area (Å²) >= 11 is 0. The summed E-state index contributed by atoms with van der Waals surface area (Å²) in [7, 11) is 0. The van der Waals surface area contributed by atoms with E-state index in [1.54, 1.807) is 0 Å². The molecule has 0 unspecified atom stereocenters. The van der Waals surface area contributed by atoms with Gasteiger partial charge in [0.2, 0.25) is 0 Å². The molecule has 1 N–H and O–H groups in total. The quantitative estimate of drug-likeness (QED) is 0.621. The van der Waals surface area contributed by atoms with Crippen molar-refractivity contribution in [2.24, 2.45) is 0 Å². The molecule has 1 aliphatic heterocycles. The monoisotopic (exact) mass is 326 g/mol. The zero-order chi connectivity index (χ0) is 17.3. The Labute approximate surface area is 127 Å². The Morgan fingerprint density at radius 1 is 1.09 bits per heavy atom. The summed E-state index contributed by atoms with van der Waals surface area (Å²) in [6.07, 6.45) is 0.545. The number of aliphatic carboxylic acids is 1. The first-order valence-corrected chi connectivity index (χ1v) is 6.34. The van der Waals surface area contributed by atoms with Gasteiger partial charge >= 0.3 is 17.3 Å². The second-order valence-electron chi connectivity index (χ2n) is 4.79. The van der Waals surface area contributed by atoms with E-state index in [9.17, 15) is 35.1 Å². The molecular weight excluding hydrogens is 316 g/mol. The minimum atomic E-state index is -1.27. The van der Waals surface area contributed by atoms with Crippen LogP contribution in [0.3, 0.4) is 0 Å². The van der Waals surface area contributed by atoms with Crippen molar-refractivity contribution < 1.29 is 24.7 Å². The highest BCUT2D eigenvalue weighted by atomic mass is 16.6. The molecule has 0 amide bonds. The largest absolute Gasteiger partial charge is 0.480 e. The van der Waals surface area contributed by atoms with Gasteiger partial charge in [-0.1, -0.05) is 0 Å². The Kier molecular flexibility index (Phi) is 4.07. The first-order chi connectivity index (χ1) is 10.7. The normalized spacial score (nSPS) is 17.0. The van der Waals surface area contributed by atoms with Crippen LogP contribution in [0.5, 0.6) is 0 Å². The third-order valence-corrected chi connectivity index (χ3v) is 3.48. The molecule has 0 spiro atoms. The maximum absolute atomic E-state index is 11.2. The molecule has 1 saturated heterocycles. The van der Waals surface area contributed by atoms with Gasteiger partial charge in [0.15, 0.2) is 5.69 Å². The number of nitro groups is 3. The fourth-order valence-electron chi connectivity index (χ4n) is 2.56. The Hall–Kier alpha value is -3.31. The van der Waals surface area contributed by atoms with E-state index in [0.29, 0.717) is 18.6 Å². The molecule has 0 aliphatic carbocycles. The fourth-order valence-corrected chi connectivity index (χ4v) is 2.56. The van der Waals surface area contributed by atoms with Gasteiger partial charge in [0.1, 0.15) is 6.04 Å². The Morgan fingerprint density at radius 2 is 1.61 bits per heavy atom. The third-order valence-electron chi connectivity index (χ3n) is 3.48. The van der Waals surface area contributed by atoms with Crippen molar-refractivity contribution in [1.82, 2.24) is 0 Å². The number of benzene rings is 1. The van der Waals surface area contributed by atoms with Crippen LogP contribution in [0, 0.1) is 30.3 Å². The Balaban J connectivity index is 2.74. The highest BCUT2D eigenvalue weighted by Crippen LogP contribution is 2.43.